The number of carbonyl (C=O) groups excluding carboxylic acids is 2. The van der Waals surface area contributed by atoms with Crippen molar-refractivity contribution in [3.63, 3.8) is 0 Å². The molecule has 1 heterocycles. The van der Waals surface area contributed by atoms with Crippen LogP contribution in [0.15, 0.2) is 24.3 Å². The third-order valence-electron chi connectivity index (χ3n) is 4.46. The fourth-order valence-electron chi connectivity index (χ4n) is 3.39. The minimum absolute atomic E-state index is 0.142. The number of nitrogens with zero attached hydrogens (tertiary/aromatic N) is 1. The van der Waals surface area contributed by atoms with Crippen LogP contribution in [0.2, 0.25) is 0 Å². The third kappa shape index (κ3) is 2.33. The summed E-state index contributed by atoms with van der Waals surface area (Å²) in [7, 11) is 0. The summed E-state index contributed by atoms with van der Waals surface area (Å²) in [5, 5.41) is 0. The zero-order chi connectivity index (χ0) is 14.9. The first-order valence-corrected chi connectivity index (χ1v) is 7.83. The second-order valence-electron chi connectivity index (χ2n) is 5.85. The SMILES string of the molecule is CCC(=O)N1C(=O)c2ccccc2OC12CCCCCC2. The largest absolute Gasteiger partial charge is 0.467 e. The average molecular weight is 287 g/mol. The molecule has 1 aromatic carbocycles. The van der Waals surface area contributed by atoms with Crippen LogP contribution < -0.4 is 4.74 Å². The summed E-state index contributed by atoms with van der Waals surface area (Å²) in [6.07, 6.45) is 6.03. The lowest BCUT2D eigenvalue weighted by Gasteiger charge is -2.45. The molecule has 0 unspecified atom stereocenters. The van der Waals surface area contributed by atoms with Crippen molar-refractivity contribution in [1.29, 1.82) is 0 Å². The number of amides is 2. The van der Waals surface area contributed by atoms with Gasteiger partial charge in [-0.2, -0.15) is 0 Å². The molecule has 0 bridgehead atoms. The predicted molar refractivity (Wildman–Crippen MR) is 79.0 cm³/mol. The molecule has 2 amide bonds. The first kappa shape index (κ1) is 14.1. The van der Waals surface area contributed by atoms with Crippen molar-refractivity contribution >= 4 is 11.8 Å². The molecule has 3 rings (SSSR count). The van der Waals surface area contributed by atoms with Crippen LogP contribution >= 0.6 is 0 Å². The van der Waals surface area contributed by atoms with Gasteiger partial charge < -0.3 is 4.74 Å². The Morgan fingerprint density at radius 2 is 1.86 bits per heavy atom. The zero-order valence-corrected chi connectivity index (χ0v) is 12.4. The molecule has 0 N–H and O–H groups in total. The van der Waals surface area contributed by atoms with Crippen molar-refractivity contribution < 1.29 is 14.3 Å². The fourth-order valence-corrected chi connectivity index (χ4v) is 3.39. The number of rotatable bonds is 1. The van der Waals surface area contributed by atoms with E-state index in [0.717, 1.165) is 38.5 Å². The summed E-state index contributed by atoms with van der Waals surface area (Å²) in [4.78, 5) is 26.6. The summed E-state index contributed by atoms with van der Waals surface area (Å²) in [5.74, 6) is 0.270. The molecular weight excluding hydrogens is 266 g/mol. The Kier molecular flexibility index (Phi) is 3.70. The van der Waals surface area contributed by atoms with Gasteiger partial charge in [-0.05, 0) is 25.0 Å². The number of para-hydroxylation sites is 1. The van der Waals surface area contributed by atoms with Crippen LogP contribution in [-0.2, 0) is 4.79 Å². The van der Waals surface area contributed by atoms with Crippen molar-refractivity contribution in [2.45, 2.75) is 57.6 Å². The van der Waals surface area contributed by atoms with Gasteiger partial charge in [0.1, 0.15) is 5.75 Å². The fraction of sp³-hybridized carbons (Fsp3) is 0.529. The molecule has 112 valence electrons. The van der Waals surface area contributed by atoms with Crippen LogP contribution in [0.5, 0.6) is 5.75 Å². The van der Waals surface area contributed by atoms with Gasteiger partial charge >= 0.3 is 0 Å². The Labute approximate surface area is 125 Å². The van der Waals surface area contributed by atoms with E-state index < -0.39 is 5.72 Å². The lowest BCUT2D eigenvalue weighted by Crippen LogP contribution is -2.60. The molecular formula is C17H21NO3. The van der Waals surface area contributed by atoms with Gasteiger partial charge in [-0.3, -0.25) is 9.59 Å². The maximum Gasteiger partial charge on any atom is 0.267 e. The minimum Gasteiger partial charge on any atom is -0.467 e. The monoisotopic (exact) mass is 287 g/mol. The molecule has 1 aromatic rings. The highest BCUT2D eigenvalue weighted by atomic mass is 16.5. The Bertz CT molecular complexity index is 559. The molecule has 1 saturated carbocycles. The Balaban J connectivity index is 2.08. The minimum atomic E-state index is -0.769. The Hall–Kier alpha value is -1.84. The number of fused-ring (bicyclic) bond motifs is 1. The van der Waals surface area contributed by atoms with Gasteiger partial charge in [0.25, 0.3) is 5.91 Å². The van der Waals surface area contributed by atoms with E-state index in [4.69, 9.17) is 4.74 Å². The van der Waals surface area contributed by atoms with Gasteiger partial charge in [-0.15, -0.1) is 0 Å². The van der Waals surface area contributed by atoms with E-state index in [-0.39, 0.29) is 11.8 Å². The molecule has 1 spiro atoms. The van der Waals surface area contributed by atoms with Crippen LogP contribution in [0.3, 0.4) is 0 Å². The molecule has 21 heavy (non-hydrogen) atoms. The summed E-state index contributed by atoms with van der Waals surface area (Å²) >= 11 is 0. The topological polar surface area (TPSA) is 46.6 Å². The van der Waals surface area contributed by atoms with E-state index in [1.54, 1.807) is 19.1 Å². The second-order valence-corrected chi connectivity index (χ2v) is 5.85. The maximum atomic E-state index is 12.8. The van der Waals surface area contributed by atoms with Crippen LogP contribution in [0.25, 0.3) is 0 Å². The molecule has 0 atom stereocenters. The molecule has 1 aliphatic heterocycles. The molecule has 4 heteroatoms. The number of ether oxygens (including phenoxy) is 1. The quantitative estimate of drug-likeness (QED) is 0.794. The summed E-state index contributed by atoms with van der Waals surface area (Å²) < 4.78 is 6.23. The highest BCUT2D eigenvalue weighted by Gasteiger charge is 2.49. The number of imide groups is 1. The highest BCUT2D eigenvalue weighted by Crippen LogP contribution is 2.41. The van der Waals surface area contributed by atoms with Crippen molar-refractivity contribution in [2.24, 2.45) is 0 Å². The molecule has 0 saturated heterocycles. The van der Waals surface area contributed by atoms with E-state index in [1.165, 1.54) is 4.90 Å². The van der Waals surface area contributed by atoms with Crippen LogP contribution in [0.4, 0.5) is 0 Å². The zero-order valence-electron chi connectivity index (χ0n) is 12.4. The van der Waals surface area contributed by atoms with Crippen molar-refractivity contribution in [2.75, 3.05) is 0 Å². The molecule has 0 aromatic heterocycles. The predicted octanol–water partition coefficient (Wildman–Crippen LogP) is 3.51. The third-order valence-corrected chi connectivity index (χ3v) is 4.46. The summed E-state index contributed by atoms with van der Waals surface area (Å²) in [5.41, 5.74) is -0.274. The summed E-state index contributed by atoms with van der Waals surface area (Å²) in [6, 6.07) is 7.23. The first-order valence-electron chi connectivity index (χ1n) is 7.83. The van der Waals surface area contributed by atoms with E-state index in [0.29, 0.717) is 17.7 Å². The summed E-state index contributed by atoms with van der Waals surface area (Å²) in [6.45, 7) is 1.79. The first-order chi connectivity index (χ1) is 10.2. The molecule has 4 nitrogen and oxygen atoms in total. The highest BCUT2D eigenvalue weighted by molar-refractivity contribution is 6.07. The number of carbonyl (C=O) groups is 2. The van der Waals surface area contributed by atoms with Crippen LogP contribution in [-0.4, -0.2) is 22.4 Å². The molecule has 0 radical (unpaired) electrons. The van der Waals surface area contributed by atoms with Gasteiger partial charge in [0, 0.05) is 19.3 Å². The van der Waals surface area contributed by atoms with E-state index in [2.05, 4.69) is 0 Å². The van der Waals surface area contributed by atoms with Crippen molar-refractivity contribution in [1.82, 2.24) is 4.90 Å². The van der Waals surface area contributed by atoms with Crippen LogP contribution in [0.1, 0.15) is 62.2 Å². The number of benzene rings is 1. The van der Waals surface area contributed by atoms with Crippen molar-refractivity contribution in [3.05, 3.63) is 29.8 Å². The number of hydrogen-bond donors (Lipinski definition) is 0. The average Bonchev–Trinajstić information content (AvgIpc) is 2.73. The molecule has 1 fully saturated rings. The van der Waals surface area contributed by atoms with Gasteiger partial charge in [-0.25, -0.2) is 4.90 Å². The van der Waals surface area contributed by atoms with Gasteiger partial charge in [-0.1, -0.05) is 31.9 Å². The van der Waals surface area contributed by atoms with Gasteiger partial charge in [0.05, 0.1) is 5.56 Å². The smallest absolute Gasteiger partial charge is 0.267 e. The molecule has 1 aliphatic carbocycles. The number of hydrogen-bond acceptors (Lipinski definition) is 3. The molecule has 2 aliphatic rings. The van der Waals surface area contributed by atoms with E-state index >= 15 is 0 Å². The normalized spacial score (nSPS) is 20.6. The maximum absolute atomic E-state index is 12.8. The van der Waals surface area contributed by atoms with E-state index in [9.17, 15) is 9.59 Å². The van der Waals surface area contributed by atoms with E-state index in [1.807, 2.05) is 12.1 Å². The second kappa shape index (κ2) is 5.51. The standard InChI is InChI=1S/C17H21NO3/c1-2-15(19)18-16(20)13-9-5-6-10-14(13)21-17(18)11-7-3-4-8-12-17/h5-6,9-10H,2-4,7-8,11-12H2,1H3. The van der Waals surface area contributed by atoms with Crippen LogP contribution in [0, 0.1) is 0 Å². The lowest BCUT2D eigenvalue weighted by atomic mass is 9.96. The Morgan fingerprint density at radius 3 is 2.52 bits per heavy atom. The van der Waals surface area contributed by atoms with Gasteiger partial charge in [0.2, 0.25) is 5.91 Å². The Morgan fingerprint density at radius 1 is 1.19 bits per heavy atom. The van der Waals surface area contributed by atoms with Crippen molar-refractivity contribution in [3.8, 4) is 5.75 Å². The van der Waals surface area contributed by atoms with Gasteiger partial charge in [0.15, 0.2) is 5.72 Å². The lowest BCUT2D eigenvalue weighted by molar-refractivity contribution is -0.150.